The highest BCUT2D eigenvalue weighted by molar-refractivity contribution is 7.90. The highest BCUT2D eigenvalue weighted by Gasteiger charge is 2.37. The lowest BCUT2D eigenvalue weighted by Gasteiger charge is -2.45. The fourth-order valence-electron chi connectivity index (χ4n) is 7.81. The van der Waals surface area contributed by atoms with Gasteiger partial charge < -0.3 is 14.5 Å². The summed E-state index contributed by atoms with van der Waals surface area (Å²) in [6.07, 6.45) is 5.27. The number of carbonyl (C=O) groups excluding carboxylic acids is 1. The number of alkyl halides is 1. The lowest BCUT2D eigenvalue weighted by atomic mass is 9.87. The van der Waals surface area contributed by atoms with Crippen molar-refractivity contribution in [2.75, 3.05) is 37.7 Å². The molecule has 57 heavy (non-hydrogen) atoms. The monoisotopic (exact) mass is 828 g/mol. The third-order valence-electron chi connectivity index (χ3n) is 11.1. The summed E-state index contributed by atoms with van der Waals surface area (Å²) in [5.74, 6) is 6.39. The molecule has 8 rings (SSSR count). The van der Waals surface area contributed by atoms with Crippen LogP contribution in [0.5, 0.6) is 0 Å². The molecule has 0 spiro atoms. The molecule has 3 fully saturated rings. The van der Waals surface area contributed by atoms with E-state index < -0.39 is 32.9 Å². The quantitative estimate of drug-likeness (QED) is 0.194. The number of hydrogen-bond acceptors (Lipinski definition) is 12. The number of halogens is 2. The Morgan fingerprint density at radius 3 is 2.63 bits per heavy atom. The molecule has 0 unspecified atom stereocenters. The number of benzene rings is 1. The summed E-state index contributed by atoms with van der Waals surface area (Å²) < 4.78 is 48.0. The van der Waals surface area contributed by atoms with E-state index in [9.17, 15) is 27.7 Å². The van der Waals surface area contributed by atoms with Crippen molar-refractivity contribution in [1.29, 1.82) is 5.26 Å². The molecule has 0 atom stereocenters. The van der Waals surface area contributed by atoms with Crippen LogP contribution in [0.4, 0.5) is 10.2 Å². The van der Waals surface area contributed by atoms with Gasteiger partial charge in [-0.15, -0.1) is 11.3 Å². The number of aromatic nitrogens is 4. The molecule has 13 nitrogen and oxygen atoms in total. The third kappa shape index (κ3) is 7.37. The number of amides is 1. The van der Waals surface area contributed by atoms with Crippen LogP contribution in [0.2, 0.25) is 5.02 Å². The van der Waals surface area contributed by atoms with Crippen molar-refractivity contribution < 1.29 is 22.3 Å². The molecular weight excluding hydrogens is 791 g/mol. The number of piperidine rings is 1. The zero-order valence-electron chi connectivity index (χ0n) is 31.2. The molecule has 2 saturated heterocycles. The molecular formula is C40H38ClFN8O5S2. The van der Waals surface area contributed by atoms with Gasteiger partial charge in [-0.1, -0.05) is 23.4 Å². The number of pyridine rings is 2. The molecule has 17 heteroatoms. The number of aryl methyl sites for hydroxylation is 1. The first kappa shape index (κ1) is 38.9. The number of likely N-dealkylation sites (tertiary alicyclic amines) is 1. The number of nitrogens with one attached hydrogen (secondary N) is 1. The summed E-state index contributed by atoms with van der Waals surface area (Å²) in [5, 5.41) is 11.9. The minimum absolute atomic E-state index is 0.0232. The number of nitrogens with zero attached hydrogens (tertiary/aromatic N) is 7. The Morgan fingerprint density at radius 1 is 1.18 bits per heavy atom. The average Bonchev–Trinajstić information content (AvgIpc) is 3.60. The van der Waals surface area contributed by atoms with E-state index in [0.717, 1.165) is 25.9 Å². The maximum absolute atomic E-state index is 14.2. The van der Waals surface area contributed by atoms with Crippen molar-refractivity contribution in [1.82, 2.24) is 29.1 Å². The van der Waals surface area contributed by atoms with Gasteiger partial charge in [0.15, 0.2) is 0 Å². The molecule has 0 bridgehead atoms. The number of nitriles is 1. The van der Waals surface area contributed by atoms with Crippen LogP contribution in [0.25, 0.3) is 32.2 Å². The van der Waals surface area contributed by atoms with Gasteiger partial charge in [0.1, 0.15) is 34.7 Å². The molecule has 1 aliphatic carbocycles. The van der Waals surface area contributed by atoms with E-state index in [1.807, 2.05) is 6.92 Å². The second-order valence-corrected chi connectivity index (χ2v) is 17.7. The van der Waals surface area contributed by atoms with E-state index in [1.165, 1.54) is 22.1 Å². The first-order valence-corrected chi connectivity index (χ1v) is 21.5. The van der Waals surface area contributed by atoms with Crippen LogP contribution in [0.1, 0.15) is 59.9 Å². The van der Waals surface area contributed by atoms with Gasteiger partial charge in [-0.3, -0.25) is 19.1 Å². The summed E-state index contributed by atoms with van der Waals surface area (Å²) in [7, 11) is -3.91. The third-order valence-corrected chi connectivity index (χ3v) is 14.0. The van der Waals surface area contributed by atoms with E-state index >= 15 is 0 Å². The Labute approximate surface area is 337 Å². The van der Waals surface area contributed by atoms with Crippen LogP contribution in [0.15, 0.2) is 46.8 Å². The number of hydrogen-bond donors (Lipinski definition) is 1. The first-order valence-electron chi connectivity index (χ1n) is 18.7. The zero-order valence-corrected chi connectivity index (χ0v) is 33.6. The highest BCUT2D eigenvalue weighted by Crippen LogP contribution is 2.37. The first-order chi connectivity index (χ1) is 27.5. The molecule has 5 aromatic rings. The minimum atomic E-state index is -3.91. The number of fused-ring (bicyclic) bond motifs is 2. The van der Waals surface area contributed by atoms with Crippen LogP contribution >= 0.6 is 22.9 Å². The molecule has 4 aromatic heterocycles. The fraction of sp³-hybridized carbons (Fsp3) is 0.400. The number of rotatable bonds is 9. The van der Waals surface area contributed by atoms with Crippen molar-refractivity contribution in [3.63, 3.8) is 0 Å². The summed E-state index contributed by atoms with van der Waals surface area (Å²) >= 11 is 7.72. The molecule has 1 amide bonds. The van der Waals surface area contributed by atoms with Crippen molar-refractivity contribution in [2.24, 2.45) is 0 Å². The number of thiophene rings is 1. The maximum atomic E-state index is 14.2. The van der Waals surface area contributed by atoms with Gasteiger partial charge >= 0.3 is 0 Å². The summed E-state index contributed by atoms with van der Waals surface area (Å²) in [6, 6.07) is 9.67. The molecule has 294 valence electrons. The summed E-state index contributed by atoms with van der Waals surface area (Å²) in [5.41, 5.74) is 2.50. The molecule has 1 N–H and O–H groups in total. The van der Waals surface area contributed by atoms with Crippen LogP contribution in [0.3, 0.4) is 0 Å². The van der Waals surface area contributed by atoms with Gasteiger partial charge in [-0.25, -0.2) is 27.5 Å². The Bertz CT molecular complexity index is 2690. The minimum Gasteiger partial charge on any atom is -0.378 e. The molecule has 0 radical (unpaired) electrons. The maximum Gasteiger partial charge on any atom is 0.267 e. The van der Waals surface area contributed by atoms with E-state index in [1.54, 1.807) is 42.8 Å². The molecule has 3 aliphatic rings. The van der Waals surface area contributed by atoms with Crippen LogP contribution in [-0.4, -0.2) is 95.1 Å². The Kier molecular flexibility index (Phi) is 10.7. The topological polar surface area (TPSA) is 163 Å². The normalized spacial score (nSPS) is 19.0. The molecule has 1 aromatic carbocycles. The number of carbonyl (C=O) groups is 1. The predicted molar refractivity (Wildman–Crippen MR) is 217 cm³/mol. The standard InChI is InChI=1S/C40H38ClFN8O5S2/c1-3-49(27-9-13-48(14-10-27)28-16-26(42)17-28)38-32(18-43)35-34(19-45-38)46-23(2)50(40(35)52)12-4-5-24-6-7-25(41)15-31(24)30-8-11-44-36-33(22-56-37(30)36)39(51)47-57(53,54)29-20-55-21-29/h6-8,11,15,19,22,26-29H,3,9-10,12-14,16-17,20-21H2,1-2H3,(H,47,51). The van der Waals surface area contributed by atoms with Crippen LogP contribution in [0, 0.1) is 30.1 Å². The van der Waals surface area contributed by atoms with Gasteiger partial charge in [0.2, 0.25) is 10.0 Å². The zero-order chi connectivity index (χ0) is 40.0. The van der Waals surface area contributed by atoms with E-state index in [4.69, 9.17) is 16.3 Å². The van der Waals surface area contributed by atoms with Crippen molar-refractivity contribution in [2.45, 2.75) is 69.6 Å². The van der Waals surface area contributed by atoms with E-state index in [-0.39, 0.29) is 42.3 Å². The number of ether oxygens (including phenoxy) is 1. The second-order valence-electron chi connectivity index (χ2n) is 14.5. The number of sulfonamides is 1. The van der Waals surface area contributed by atoms with Gasteiger partial charge in [0.05, 0.1) is 52.6 Å². The van der Waals surface area contributed by atoms with Crippen molar-refractivity contribution in [3.05, 3.63) is 79.9 Å². The lowest BCUT2D eigenvalue weighted by Crippen LogP contribution is -2.52. The largest absolute Gasteiger partial charge is 0.378 e. The van der Waals surface area contributed by atoms with Crippen LogP contribution < -0.4 is 15.2 Å². The summed E-state index contributed by atoms with van der Waals surface area (Å²) in [4.78, 5) is 45.5. The SMILES string of the molecule is CCN(c1ncc2nc(C)n(CC#Cc3ccc(Cl)cc3-c3ccnc4c(C(=O)NS(=O)(=O)C5COC5)csc34)c(=O)c2c1C#N)C1CCN(C2CC(F)C2)CC1. The van der Waals surface area contributed by atoms with Gasteiger partial charge in [-0.2, -0.15) is 5.26 Å². The second kappa shape index (κ2) is 15.8. The fourth-order valence-corrected chi connectivity index (χ4v) is 10.1. The van der Waals surface area contributed by atoms with Gasteiger partial charge in [-0.05, 0) is 63.8 Å². The number of anilines is 1. The highest BCUT2D eigenvalue weighted by atomic mass is 35.5. The average molecular weight is 829 g/mol. The Morgan fingerprint density at radius 2 is 1.95 bits per heavy atom. The van der Waals surface area contributed by atoms with Gasteiger partial charge in [0.25, 0.3) is 11.5 Å². The molecule has 1 saturated carbocycles. The summed E-state index contributed by atoms with van der Waals surface area (Å²) in [6.45, 7) is 6.04. The van der Waals surface area contributed by atoms with Crippen LogP contribution in [-0.2, 0) is 21.3 Å². The molecule has 6 heterocycles. The van der Waals surface area contributed by atoms with Crippen molar-refractivity contribution in [3.8, 4) is 29.0 Å². The predicted octanol–water partition coefficient (Wildman–Crippen LogP) is 5.20. The van der Waals surface area contributed by atoms with E-state index in [2.05, 4.69) is 47.4 Å². The van der Waals surface area contributed by atoms with E-state index in [0.29, 0.717) is 74.5 Å². The smallest absolute Gasteiger partial charge is 0.267 e. The van der Waals surface area contributed by atoms with Gasteiger partial charge in [0, 0.05) is 65.0 Å². The Balaban J connectivity index is 1.08. The lowest BCUT2D eigenvalue weighted by molar-refractivity contribution is 0.0379. The van der Waals surface area contributed by atoms with Crippen molar-refractivity contribution >= 4 is 65.8 Å². The Hall–Kier alpha value is -4.97. The molecule has 2 aliphatic heterocycles.